The summed E-state index contributed by atoms with van der Waals surface area (Å²) < 4.78 is 7.70. The molecule has 2 aliphatic carbocycles. The van der Waals surface area contributed by atoms with E-state index in [0.29, 0.717) is 9.54 Å². The topological polar surface area (TPSA) is 0 Å². The van der Waals surface area contributed by atoms with Gasteiger partial charge < -0.3 is 0 Å². The van der Waals surface area contributed by atoms with E-state index in [1.54, 1.807) is 14.4 Å². The van der Waals surface area contributed by atoms with Crippen LogP contribution in [0, 0.1) is 5.92 Å². The number of allylic oxidation sites excluding steroid dienone is 5. The molecule has 2 heteroatoms. The van der Waals surface area contributed by atoms with Crippen molar-refractivity contribution in [2.24, 2.45) is 5.92 Å². The molecule has 0 spiro atoms. The first-order valence-corrected chi connectivity index (χ1v) is 28.1. The van der Waals surface area contributed by atoms with Crippen LogP contribution in [0.4, 0.5) is 0 Å². The van der Waals surface area contributed by atoms with E-state index < -0.39 is 17.4 Å². The van der Waals surface area contributed by atoms with Crippen molar-refractivity contribution < 1.29 is 17.4 Å². The van der Waals surface area contributed by atoms with Crippen LogP contribution in [-0.2, 0) is 17.4 Å². The molecule has 0 amide bonds. The zero-order chi connectivity index (χ0) is 28.3. The van der Waals surface area contributed by atoms with Crippen LogP contribution in [-0.4, -0.2) is 6.88 Å². The number of fused-ring (bicyclic) bond motifs is 1. The summed E-state index contributed by atoms with van der Waals surface area (Å²) in [6, 6.07) is 38.1. The van der Waals surface area contributed by atoms with Gasteiger partial charge in [-0.1, -0.05) is 0 Å². The number of hydrogen-bond donors (Lipinski definition) is 0. The number of benzene rings is 4. The molecule has 6 rings (SSSR count). The van der Waals surface area contributed by atoms with Gasteiger partial charge in [-0.15, -0.1) is 0 Å². The van der Waals surface area contributed by atoms with Gasteiger partial charge in [0.1, 0.15) is 0 Å². The van der Waals surface area contributed by atoms with Crippen molar-refractivity contribution in [3.05, 3.63) is 146 Å². The van der Waals surface area contributed by atoms with Crippen molar-refractivity contribution in [2.45, 2.75) is 40.6 Å². The van der Waals surface area contributed by atoms with Crippen molar-refractivity contribution in [1.82, 2.24) is 0 Å². The van der Waals surface area contributed by atoms with Gasteiger partial charge in [0, 0.05) is 0 Å². The van der Waals surface area contributed by atoms with E-state index in [2.05, 4.69) is 153 Å². The Kier molecular flexibility index (Phi) is 6.80. The molecule has 0 radical (unpaired) electrons. The van der Waals surface area contributed by atoms with E-state index in [4.69, 9.17) is 0 Å². The van der Waals surface area contributed by atoms with Crippen molar-refractivity contribution in [2.75, 3.05) is 0 Å². The molecule has 0 aliphatic heterocycles. The monoisotopic (exact) mass is 614 g/mol. The molecular weight excluding hydrogens is 576 g/mol. The third-order valence-corrected chi connectivity index (χ3v) is 27.2. The van der Waals surface area contributed by atoms with E-state index >= 15 is 0 Å². The quantitative estimate of drug-likeness (QED) is 0.196. The van der Waals surface area contributed by atoms with Gasteiger partial charge in [-0.25, -0.2) is 0 Å². The summed E-state index contributed by atoms with van der Waals surface area (Å²) >= 11 is -3.49. The molecule has 4 aromatic rings. The van der Waals surface area contributed by atoms with Crippen LogP contribution in [0.2, 0.25) is 9.26 Å². The fourth-order valence-corrected chi connectivity index (χ4v) is 26.1. The molecule has 2 unspecified atom stereocenters. The summed E-state index contributed by atoms with van der Waals surface area (Å²) in [4.78, 5) is 0. The second-order valence-electron chi connectivity index (χ2n) is 13.1. The van der Waals surface area contributed by atoms with Gasteiger partial charge in [0.15, 0.2) is 0 Å². The SMILES string of the molecule is CC1=C(C)C(C)[C]([Zr]([CH3])([CH3])(=[SiH2])[CH]2C=C(c3cc(-c4ccccc4)cc(-c4ccccc4)c3)c3ccccc32)=C1C. The molecule has 0 heterocycles. The van der Waals surface area contributed by atoms with Crippen molar-refractivity contribution in [3.63, 3.8) is 0 Å². The van der Waals surface area contributed by atoms with Crippen LogP contribution in [0.5, 0.6) is 0 Å². The summed E-state index contributed by atoms with van der Waals surface area (Å²) in [7, 11) is 0. The Morgan fingerprint density at radius 2 is 1.10 bits per heavy atom. The van der Waals surface area contributed by atoms with Crippen LogP contribution >= 0.6 is 0 Å². The van der Waals surface area contributed by atoms with Crippen LogP contribution in [0.1, 0.15) is 48.0 Å². The number of rotatable bonds is 5. The molecule has 0 saturated heterocycles. The Labute approximate surface area is 243 Å². The van der Waals surface area contributed by atoms with E-state index in [9.17, 15) is 0 Å². The third-order valence-electron chi connectivity index (χ3n) is 9.90. The third kappa shape index (κ3) is 4.45. The summed E-state index contributed by atoms with van der Waals surface area (Å²) in [5.41, 5.74) is 15.4. The van der Waals surface area contributed by atoms with Crippen LogP contribution < -0.4 is 0 Å². The van der Waals surface area contributed by atoms with Gasteiger partial charge in [-0.05, 0) is 0 Å². The van der Waals surface area contributed by atoms with Crippen molar-refractivity contribution >= 4 is 12.5 Å². The molecule has 200 valence electrons. The van der Waals surface area contributed by atoms with E-state index in [-0.39, 0.29) is 0 Å². The number of hydrogen-bond acceptors (Lipinski definition) is 0. The second kappa shape index (κ2) is 9.93. The minimum atomic E-state index is -3.49. The minimum absolute atomic E-state index is 0.484. The summed E-state index contributed by atoms with van der Waals surface area (Å²) in [6.07, 6.45) is 2.68. The van der Waals surface area contributed by atoms with Gasteiger partial charge in [-0.2, -0.15) is 0 Å². The molecule has 0 fully saturated rings. The Morgan fingerprint density at radius 3 is 1.62 bits per heavy atom. The van der Waals surface area contributed by atoms with E-state index in [1.807, 2.05) is 0 Å². The standard InChI is InChI=1S/C27H19.C9H13.2CH3.H2Si.Zr/c1-3-9-20(10-4-1)23-17-24(21-11-5-2-6-12-21)19-25(18-23)27-16-15-22-13-7-8-14-26(22)27;1-6-5-7(2)9(4)8(6)3;;;;/h1-19H;6H,1-4H3;2*1H3;1H2;. The zero-order valence-electron chi connectivity index (χ0n) is 24.8. The predicted molar refractivity (Wildman–Crippen MR) is 174 cm³/mol. The second-order valence-corrected chi connectivity index (χ2v) is 42.6. The first-order chi connectivity index (χ1) is 19.0. The summed E-state index contributed by atoms with van der Waals surface area (Å²) in [6.45, 7) is 12.0. The van der Waals surface area contributed by atoms with Gasteiger partial charge in [0.25, 0.3) is 0 Å². The van der Waals surface area contributed by atoms with Crippen molar-refractivity contribution in [3.8, 4) is 22.3 Å². The Bertz CT molecular complexity index is 1740. The van der Waals surface area contributed by atoms with Gasteiger partial charge >= 0.3 is 245 Å². The maximum absolute atomic E-state index is 3.49. The molecular formula is C38H40SiZr. The van der Waals surface area contributed by atoms with Crippen LogP contribution in [0.25, 0.3) is 27.8 Å². The Morgan fingerprint density at radius 1 is 0.600 bits per heavy atom. The normalized spacial score (nSPS) is 19.2. The van der Waals surface area contributed by atoms with Gasteiger partial charge in [0.2, 0.25) is 0 Å². The molecule has 2 atom stereocenters. The first-order valence-electron chi connectivity index (χ1n) is 14.6. The fourth-order valence-electron chi connectivity index (χ4n) is 7.61. The summed E-state index contributed by atoms with van der Waals surface area (Å²) in [5, 5.41) is 0. The molecule has 0 bridgehead atoms. The van der Waals surface area contributed by atoms with Crippen LogP contribution in [0.15, 0.2) is 129 Å². The van der Waals surface area contributed by atoms with E-state index in [1.165, 1.54) is 50.1 Å². The molecule has 0 saturated carbocycles. The van der Waals surface area contributed by atoms with Crippen LogP contribution in [0.3, 0.4) is 0 Å². The molecule has 40 heavy (non-hydrogen) atoms. The van der Waals surface area contributed by atoms with Gasteiger partial charge in [-0.3, -0.25) is 0 Å². The predicted octanol–water partition coefficient (Wildman–Crippen LogP) is 10.1. The Balaban J connectivity index is 1.57. The maximum atomic E-state index is 2.71. The zero-order valence-corrected chi connectivity index (χ0v) is 28.6. The average molecular weight is 616 g/mol. The molecule has 4 aromatic carbocycles. The summed E-state index contributed by atoms with van der Waals surface area (Å²) in [5.74, 6) is 0.550. The molecule has 0 N–H and O–H groups in total. The van der Waals surface area contributed by atoms with Gasteiger partial charge in [0.05, 0.1) is 0 Å². The molecule has 0 aromatic heterocycles. The molecule has 0 nitrogen and oxygen atoms in total. The van der Waals surface area contributed by atoms with E-state index in [0.717, 1.165) is 0 Å². The average Bonchev–Trinajstić information content (AvgIpc) is 3.46. The van der Waals surface area contributed by atoms with Crippen molar-refractivity contribution in [1.29, 1.82) is 0 Å². The first kappa shape index (κ1) is 27.4. The molecule has 2 aliphatic rings. The Hall–Kier alpha value is -2.80. The fraction of sp³-hybridized carbons (Fsp3) is 0.211.